The van der Waals surface area contributed by atoms with Gasteiger partial charge in [-0.05, 0) is 64.7 Å². The van der Waals surface area contributed by atoms with E-state index in [1.807, 2.05) is 6.07 Å². The van der Waals surface area contributed by atoms with Gasteiger partial charge in [0.25, 0.3) is 0 Å². The van der Waals surface area contributed by atoms with Gasteiger partial charge in [-0.3, -0.25) is 0 Å². The van der Waals surface area contributed by atoms with Gasteiger partial charge in [0.1, 0.15) is 5.58 Å². The maximum Gasteiger partial charge on any atom is 0.159 e. The van der Waals surface area contributed by atoms with Crippen LogP contribution in [0.25, 0.3) is 99.2 Å². The van der Waals surface area contributed by atoms with Gasteiger partial charge >= 0.3 is 0 Å². The lowest BCUT2D eigenvalue weighted by Gasteiger charge is -2.12. The van der Waals surface area contributed by atoms with Crippen LogP contribution in [-0.4, -0.2) is 9.13 Å². The predicted molar refractivity (Wildman–Crippen MR) is 213 cm³/mol. The Morgan fingerprint density at radius 1 is 0.353 bits per heavy atom. The van der Waals surface area contributed by atoms with Gasteiger partial charge in [-0.15, -0.1) is 0 Å². The third kappa shape index (κ3) is 4.12. The lowest BCUT2D eigenvalue weighted by Crippen LogP contribution is -1.96. The van der Waals surface area contributed by atoms with Crippen LogP contribution in [0.4, 0.5) is 0 Å². The highest BCUT2D eigenvalue weighted by Gasteiger charge is 2.22. The molecule has 0 aliphatic rings. The van der Waals surface area contributed by atoms with Crippen molar-refractivity contribution in [1.82, 2.24) is 9.13 Å². The normalized spacial score (nSPS) is 11.9. The number of fused-ring (bicyclic) bond motifs is 10. The fraction of sp³-hybridized carbons (Fsp3) is 0. The zero-order valence-corrected chi connectivity index (χ0v) is 27.6. The molecule has 0 bridgehead atoms. The van der Waals surface area contributed by atoms with E-state index in [2.05, 4.69) is 185 Å². The Hall–Kier alpha value is -6.84. The van der Waals surface area contributed by atoms with Gasteiger partial charge in [0.2, 0.25) is 0 Å². The molecule has 0 aliphatic heterocycles. The highest BCUT2D eigenvalue weighted by molar-refractivity contribution is 6.26. The first-order valence-corrected chi connectivity index (χ1v) is 17.4. The molecule has 3 heterocycles. The quantitative estimate of drug-likeness (QED) is 0.186. The summed E-state index contributed by atoms with van der Waals surface area (Å²) in [6, 6.07) is 65.4. The summed E-state index contributed by atoms with van der Waals surface area (Å²) in [5.41, 5.74) is 13.5. The Bertz CT molecular complexity index is 3120. The molecule has 0 unspecified atom stereocenters. The van der Waals surface area contributed by atoms with Crippen LogP contribution in [-0.2, 0) is 0 Å². The molecule has 0 N–H and O–H groups in total. The first kappa shape index (κ1) is 28.0. The minimum absolute atomic E-state index is 0.896. The fourth-order valence-corrected chi connectivity index (χ4v) is 8.26. The molecule has 3 aromatic heterocycles. The van der Waals surface area contributed by atoms with Crippen molar-refractivity contribution in [3.8, 4) is 33.6 Å². The van der Waals surface area contributed by atoms with Crippen molar-refractivity contribution < 1.29 is 4.42 Å². The molecular formula is C48H30N2O. The van der Waals surface area contributed by atoms with E-state index in [0.717, 1.165) is 38.8 Å². The summed E-state index contributed by atoms with van der Waals surface area (Å²) < 4.78 is 11.5. The molecule has 51 heavy (non-hydrogen) atoms. The lowest BCUT2D eigenvalue weighted by molar-refractivity contribution is 0.666. The molecule has 0 radical (unpaired) electrons. The second-order valence-electron chi connectivity index (χ2n) is 13.3. The van der Waals surface area contributed by atoms with Gasteiger partial charge in [0.15, 0.2) is 5.58 Å². The molecule has 0 amide bonds. The number of hydrogen-bond donors (Lipinski definition) is 0. The standard InChI is InChI=1S/C48H30N2O/c1-2-12-31(13-3-1)32-24-26-33(27-25-32)34-14-10-15-35(30-34)49-42-21-8-5-18-40(42)46-43(49)29-28-38-36-16-4-7-20-41(36)50(47(38)46)44-22-11-19-39-37-17-6-9-23-45(37)51-48(39)44/h1-30H. The molecule has 11 aromatic rings. The van der Waals surface area contributed by atoms with Gasteiger partial charge in [0, 0.05) is 38.0 Å². The minimum Gasteiger partial charge on any atom is -0.454 e. The maximum absolute atomic E-state index is 6.64. The molecule has 11 rings (SSSR count). The van der Waals surface area contributed by atoms with E-state index in [-0.39, 0.29) is 0 Å². The first-order valence-electron chi connectivity index (χ1n) is 17.4. The van der Waals surface area contributed by atoms with Crippen molar-refractivity contribution in [2.45, 2.75) is 0 Å². The Kier molecular flexibility index (Phi) is 5.96. The summed E-state index contributed by atoms with van der Waals surface area (Å²) in [5.74, 6) is 0. The van der Waals surface area contributed by atoms with Crippen molar-refractivity contribution in [2.24, 2.45) is 0 Å². The number of furan rings is 1. The Morgan fingerprint density at radius 2 is 0.961 bits per heavy atom. The average molecular weight is 651 g/mol. The van der Waals surface area contributed by atoms with Crippen molar-refractivity contribution in [1.29, 1.82) is 0 Å². The van der Waals surface area contributed by atoms with Crippen molar-refractivity contribution in [3.63, 3.8) is 0 Å². The van der Waals surface area contributed by atoms with E-state index in [0.29, 0.717) is 0 Å². The molecule has 0 saturated heterocycles. The van der Waals surface area contributed by atoms with Gasteiger partial charge < -0.3 is 13.6 Å². The van der Waals surface area contributed by atoms with Gasteiger partial charge in [-0.2, -0.15) is 0 Å². The van der Waals surface area contributed by atoms with E-state index < -0.39 is 0 Å². The molecule has 0 fully saturated rings. The van der Waals surface area contributed by atoms with Crippen LogP contribution in [0.2, 0.25) is 0 Å². The monoisotopic (exact) mass is 650 g/mol. The second kappa shape index (κ2) is 10.8. The number of hydrogen-bond acceptors (Lipinski definition) is 1. The first-order chi connectivity index (χ1) is 25.3. The molecule has 238 valence electrons. The zero-order valence-electron chi connectivity index (χ0n) is 27.6. The number of nitrogens with zero attached hydrogens (tertiary/aromatic N) is 2. The molecule has 0 saturated carbocycles. The number of benzene rings is 8. The van der Waals surface area contributed by atoms with Crippen LogP contribution >= 0.6 is 0 Å². The van der Waals surface area contributed by atoms with Crippen LogP contribution < -0.4 is 0 Å². The SMILES string of the molecule is c1ccc(-c2ccc(-c3cccc(-n4c5ccccc5c5c4ccc4c6ccccc6n(-c6cccc7c6oc6ccccc67)c45)c3)cc2)cc1. The van der Waals surface area contributed by atoms with Crippen molar-refractivity contribution >= 4 is 65.6 Å². The van der Waals surface area contributed by atoms with E-state index in [1.54, 1.807) is 0 Å². The van der Waals surface area contributed by atoms with Gasteiger partial charge in [-0.25, -0.2) is 0 Å². The summed E-state index contributed by atoms with van der Waals surface area (Å²) in [4.78, 5) is 0. The van der Waals surface area contributed by atoms with Crippen LogP contribution in [0.1, 0.15) is 0 Å². The molecule has 3 heteroatoms. The smallest absolute Gasteiger partial charge is 0.159 e. The average Bonchev–Trinajstić information content (AvgIpc) is 3.86. The number of aromatic nitrogens is 2. The topological polar surface area (TPSA) is 23.0 Å². The third-order valence-corrected chi connectivity index (χ3v) is 10.5. The van der Waals surface area contributed by atoms with E-state index >= 15 is 0 Å². The summed E-state index contributed by atoms with van der Waals surface area (Å²) in [6.45, 7) is 0. The maximum atomic E-state index is 6.64. The molecule has 0 aliphatic carbocycles. The van der Waals surface area contributed by atoms with Crippen LogP contribution in [0, 0.1) is 0 Å². The summed E-state index contributed by atoms with van der Waals surface area (Å²) in [6.07, 6.45) is 0. The van der Waals surface area contributed by atoms with Crippen LogP contribution in [0.3, 0.4) is 0 Å². The molecule has 0 atom stereocenters. The van der Waals surface area contributed by atoms with E-state index in [9.17, 15) is 0 Å². The summed E-state index contributed by atoms with van der Waals surface area (Å²) in [7, 11) is 0. The van der Waals surface area contributed by atoms with E-state index in [1.165, 1.54) is 60.3 Å². The Labute approximate surface area is 293 Å². The largest absolute Gasteiger partial charge is 0.454 e. The van der Waals surface area contributed by atoms with Crippen molar-refractivity contribution in [2.75, 3.05) is 0 Å². The molecular weight excluding hydrogens is 621 g/mol. The summed E-state index contributed by atoms with van der Waals surface area (Å²) in [5, 5.41) is 7.15. The van der Waals surface area contributed by atoms with Crippen LogP contribution in [0.5, 0.6) is 0 Å². The molecule has 3 nitrogen and oxygen atoms in total. The van der Waals surface area contributed by atoms with Crippen LogP contribution in [0.15, 0.2) is 186 Å². The second-order valence-corrected chi connectivity index (χ2v) is 13.3. The summed E-state index contributed by atoms with van der Waals surface area (Å²) >= 11 is 0. The number of para-hydroxylation sites is 4. The van der Waals surface area contributed by atoms with Crippen molar-refractivity contribution in [3.05, 3.63) is 182 Å². The fourth-order valence-electron chi connectivity index (χ4n) is 8.26. The third-order valence-electron chi connectivity index (χ3n) is 10.5. The Balaban J connectivity index is 1.18. The molecule has 8 aromatic carbocycles. The number of rotatable bonds is 4. The lowest BCUT2D eigenvalue weighted by atomic mass is 10.00. The predicted octanol–water partition coefficient (Wildman–Crippen LogP) is 13.1. The minimum atomic E-state index is 0.896. The zero-order chi connectivity index (χ0) is 33.5. The van der Waals surface area contributed by atoms with E-state index in [4.69, 9.17) is 4.42 Å². The molecule has 0 spiro atoms. The highest BCUT2D eigenvalue weighted by Crippen LogP contribution is 2.44. The highest BCUT2D eigenvalue weighted by atomic mass is 16.3. The van der Waals surface area contributed by atoms with Gasteiger partial charge in [0.05, 0.1) is 27.8 Å². The Morgan fingerprint density at radius 3 is 1.78 bits per heavy atom. The van der Waals surface area contributed by atoms with Gasteiger partial charge in [-0.1, -0.05) is 140 Å².